The summed E-state index contributed by atoms with van der Waals surface area (Å²) in [7, 11) is 2.24. The molecule has 0 aromatic carbocycles. The number of aromatic nitrogens is 4. The maximum atomic E-state index is 8.25. The molecule has 20 heavy (non-hydrogen) atoms. The second-order valence-electron chi connectivity index (χ2n) is 2.72. The third-order valence-corrected chi connectivity index (χ3v) is 1.67. The molecule has 0 unspecified atom stereocenters. The number of methoxy groups -OCH3 is 1. The van der Waals surface area contributed by atoms with E-state index in [9.17, 15) is 0 Å². The molecule has 0 atom stereocenters. The number of ether oxygens (including phenoxy) is 1. The minimum Gasteiger partial charge on any atom is -0.857 e. The van der Waals surface area contributed by atoms with E-state index in [1.165, 1.54) is 13.3 Å². The maximum absolute atomic E-state index is 8.25. The Morgan fingerprint density at radius 2 is 1.55 bits per heavy atom. The third-order valence-electron chi connectivity index (χ3n) is 1.49. The van der Waals surface area contributed by atoms with Gasteiger partial charge in [0.15, 0.2) is 0 Å². The summed E-state index contributed by atoms with van der Waals surface area (Å²) in [4.78, 5) is 14.7. The van der Waals surface area contributed by atoms with Gasteiger partial charge in [0.25, 0.3) is 0 Å². The van der Waals surface area contributed by atoms with Gasteiger partial charge in [-0.1, -0.05) is 0 Å². The topological polar surface area (TPSA) is 136 Å². The zero-order chi connectivity index (χ0) is 14.7. The van der Waals surface area contributed by atoms with Gasteiger partial charge in [0.05, 0.1) is 7.11 Å². The van der Waals surface area contributed by atoms with Crippen molar-refractivity contribution >= 4 is 23.2 Å². The van der Waals surface area contributed by atoms with E-state index < -0.39 is 0 Å². The van der Waals surface area contributed by atoms with E-state index in [-0.39, 0.29) is 34.8 Å². The summed E-state index contributed by atoms with van der Waals surface area (Å²) < 4.78 is 4.69. The first-order chi connectivity index (χ1) is 9.11. The van der Waals surface area contributed by atoms with Crippen LogP contribution in [0.25, 0.3) is 0 Å². The molecule has 0 saturated carbocycles. The van der Waals surface area contributed by atoms with Crippen molar-refractivity contribution in [3.05, 3.63) is 29.8 Å². The van der Waals surface area contributed by atoms with Crippen LogP contribution >= 0.6 is 11.6 Å². The number of nitrogens with two attached hydrogens (primary N) is 2. The van der Waals surface area contributed by atoms with Crippen molar-refractivity contribution < 1.29 is 39.4 Å². The molecular formula is C10H14ClN6NaO2. The normalized spacial score (nSPS) is 8.00. The summed E-state index contributed by atoms with van der Waals surface area (Å²) in [6.45, 7) is 0. The van der Waals surface area contributed by atoms with Crippen molar-refractivity contribution in [3.63, 3.8) is 0 Å². The number of nitrogens with zero attached hydrogens (tertiary/aromatic N) is 4. The largest absolute Gasteiger partial charge is 1.00 e. The van der Waals surface area contributed by atoms with Crippen molar-refractivity contribution in [2.75, 3.05) is 25.7 Å². The van der Waals surface area contributed by atoms with Gasteiger partial charge in [-0.3, -0.25) is 0 Å². The van der Waals surface area contributed by atoms with Crippen LogP contribution in [0.4, 0.5) is 11.6 Å². The van der Waals surface area contributed by atoms with Gasteiger partial charge in [-0.15, -0.1) is 0 Å². The number of halogens is 1. The van der Waals surface area contributed by atoms with E-state index in [1.807, 2.05) is 0 Å². The molecule has 10 heteroatoms. The van der Waals surface area contributed by atoms with Gasteiger partial charge in [-0.05, 0) is 23.7 Å². The first-order valence-corrected chi connectivity index (χ1v) is 5.27. The zero-order valence-electron chi connectivity index (χ0n) is 11.4. The smallest absolute Gasteiger partial charge is 0.857 e. The van der Waals surface area contributed by atoms with Crippen molar-refractivity contribution in [1.82, 2.24) is 19.9 Å². The fraction of sp³-hybridized carbons (Fsp3) is 0.200. The molecular weight excluding hydrogens is 295 g/mol. The van der Waals surface area contributed by atoms with E-state index in [0.717, 1.165) is 7.11 Å². The minimum absolute atomic E-state index is 0. The number of rotatable bonds is 1. The molecule has 0 fully saturated rings. The van der Waals surface area contributed by atoms with Crippen LogP contribution in [0.1, 0.15) is 0 Å². The summed E-state index contributed by atoms with van der Waals surface area (Å²) in [5.74, 6) is 0.812. The maximum Gasteiger partial charge on any atom is 1.00 e. The van der Waals surface area contributed by atoms with Gasteiger partial charge in [-0.25, -0.2) is 15.0 Å². The van der Waals surface area contributed by atoms with Crippen LogP contribution < -0.4 is 50.9 Å². The fourth-order valence-electron chi connectivity index (χ4n) is 0.800. The SMILES string of the molecule is COc1nccc(N)n1.C[O-].Nc1ccnc(Cl)n1.[Na+]. The Balaban J connectivity index is 0. The molecule has 0 aliphatic rings. The predicted octanol–water partition coefficient (Wildman–Crippen LogP) is -3.24. The van der Waals surface area contributed by atoms with Gasteiger partial charge in [-0.2, -0.15) is 12.1 Å². The van der Waals surface area contributed by atoms with E-state index in [0.29, 0.717) is 17.6 Å². The molecule has 0 aliphatic heterocycles. The molecule has 8 nitrogen and oxygen atoms in total. The van der Waals surface area contributed by atoms with Crippen LogP contribution in [-0.2, 0) is 0 Å². The van der Waals surface area contributed by atoms with Crippen LogP contribution in [0.15, 0.2) is 24.5 Å². The van der Waals surface area contributed by atoms with Crippen molar-refractivity contribution in [3.8, 4) is 6.01 Å². The van der Waals surface area contributed by atoms with E-state index in [4.69, 9.17) is 32.9 Å². The van der Waals surface area contributed by atoms with Crippen molar-refractivity contribution in [1.29, 1.82) is 0 Å². The monoisotopic (exact) mass is 308 g/mol. The van der Waals surface area contributed by atoms with E-state index >= 15 is 0 Å². The van der Waals surface area contributed by atoms with Crippen molar-refractivity contribution in [2.45, 2.75) is 0 Å². The summed E-state index contributed by atoms with van der Waals surface area (Å²) in [6, 6.07) is 3.48. The van der Waals surface area contributed by atoms with E-state index in [2.05, 4.69) is 19.9 Å². The summed E-state index contributed by atoms with van der Waals surface area (Å²) >= 11 is 5.34. The summed E-state index contributed by atoms with van der Waals surface area (Å²) in [5.41, 5.74) is 10.5. The van der Waals surface area contributed by atoms with Crippen LogP contribution in [0.2, 0.25) is 5.28 Å². The second kappa shape index (κ2) is 12.8. The zero-order valence-corrected chi connectivity index (χ0v) is 14.2. The quantitative estimate of drug-likeness (QED) is 0.414. The molecule has 2 aromatic rings. The number of hydrogen-bond donors (Lipinski definition) is 2. The molecule has 2 rings (SSSR count). The number of nitrogen functional groups attached to an aromatic ring is 2. The Morgan fingerprint density at radius 1 is 1.05 bits per heavy atom. The van der Waals surface area contributed by atoms with Crippen LogP contribution in [-0.4, -0.2) is 34.2 Å². The summed E-state index contributed by atoms with van der Waals surface area (Å²) in [5, 5.41) is 8.44. The molecule has 0 saturated heterocycles. The van der Waals surface area contributed by atoms with Crippen LogP contribution in [0.5, 0.6) is 6.01 Å². The first kappa shape index (κ1) is 21.1. The molecule has 0 radical (unpaired) electrons. The third kappa shape index (κ3) is 9.70. The Hall–Kier alpha value is -1.19. The first-order valence-electron chi connectivity index (χ1n) is 4.89. The Bertz CT molecular complexity index is 474. The number of hydrogen-bond acceptors (Lipinski definition) is 8. The number of anilines is 2. The second-order valence-corrected chi connectivity index (χ2v) is 3.06. The predicted molar refractivity (Wildman–Crippen MR) is 70.4 cm³/mol. The van der Waals surface area contributed by atoms with Crippen LogP contribution in [0, 0.1) is 0 Å². The Labute approximate surface area is 143 Å². The minimum atomic E-state index is 0. The summed E-state index contributed by atoms with van der Waals surface area (Å²) in [6.07, 6.45) is 3.05. The van der Waals surface area contributed by atoms with Gasteiger partial charge < -0.3 is 21.3 Å². The van der Waals surface area contributed by atoms with Crippen molar-refractivity contribution in [2.24, 2.45) is 0 Å². The Kier molecular flexibility index (Phi) is 13.5. The van der Waals surface area contributed by atoms with Crippen LogP contribution in [0.3, 0.4) is 0 Å². The van der Waals surface area contributed by atoms with Gasteiger partial charge >= 0.3 is 35.6 Å². The molecule has 0 amide bonds. The standard InChI is InChI=1S/C5H7N3O.C4H4ClN3.CH3O.Na/c1-9-5-7-3-2-4(6)8-5;5-4-7-2-1-3(6)8-4;1-2;/h2-3H,1H3,(H2,6,7,8);1-2H,(H2,6,7,8);1H3;/q;;-1;+1. The Morgan fingerprint density at radius 3 is 1.85 bits per heavy atom. The molecule has 2 aromatic heterocycles. The molecule has 0 bridgehead atoms. The average molecular weight is 309 g/mol. The molecule has 0 spiro atoms. The molecule has 4 N–H and O–H groups in total. The van der Waals surface area contributed by atoms with E-state index in [1.54, 1.807) is 18.3 Å². The van der Waals surface area contributed by atoms with Gasteiger partial charge in [0.2, 0.25) is 5.28 Å². The van der Waals surface area contributed by atoms with Gasteiger partial charge in [0, 0.05) is 12.4 Å². The average Bonchev–Trinajstić information content (AvgIpc) is 2.41. The fourth-order valence-corrected chi connectivity index (χ4v) is 0.954. The van der Waals surface area contributed by atoms with Gasteiger partial charge in [0.1, 0.15) is 11.6 Å². The molecule has 0 aliphatic carbocycles. The molecule has 2 heterocycles. The molecule has 104 valence electrons.